The van der Waals surface area contributed by atoms with Crippen LogP contribution in [0.5, 0.6) is 0 Å². The van der Waals surface area contributed by atoms with Gasteiger partial charge in [-0.05, 0) is 13.3 Å². The summed E-state index contributed by atoms with van der Waals surface area (Å²) >= 11 is 0. The van der Waals surface area contributed by atoms with Gasteiger partial charge in [-0.15, -0.1) is 0 Å². The molecule has 0 fully saturated rings. The minimum atomic E-state index is -4.63. The molecule has 2 heterocycles. The van der Waals surface area contributed by atoms with E-state index >= 15 is 0 Å². The van der Waals surface area contributed by atoms with E-state index in [4.69, 9.17) is 15.5 Å². The summed E-state index contributed by atoms with van der Waals surface area (Å²) in [6, 6.07) is 1.18. The van der Waals surface area contributed by atoms with Gasteiger partial charge in [-0.1, -0.05) is 19.8 Å². The number of nitrogens with two attached hydrogens (primary N) is 1. The van der Waals surface area contributed by atoms with E-state index in [1.165, 1.54) is 6.07 Å². The molecule has 0 aliphatic heterocycles. The molecule has 25 heavy (non-hydrogen) atoms. The molecule has 0 spiro atoms. The van der Waals surface area contributed by atoms with Crippen LogP contribution in [0.3, 0.4) is 0 Å². The van der Waals surface area contributed by atoms with E-state index < -0.39 is 19.2 Å². The zero-order chi connectivity index (χ0) is 18.7. The van der Waals surface area contributed by atoms with Crippen molar-refractivity contribution >= 4 is 30.6 Å². The molecular formula is C14H21FN5O4P. The van der Waals surface area contributed by atoms with Crippen molar-refractivity contribution in [3.8, 4) is 0 Å². The third kappa shape index (κ3) is 5.57. The van der Waals surface area contributed by atoms with Crippen LogP contribution in [-0.4, -0.2) is 36.9 Å². The number of anilines is 2. The number of nitrogens with zero attached hydrogens (tertiary/aromatic N) is 3. The maximum atomic E-state index is 13.4. The summed E-state index contributed by atoms with van der Waals surface area (Å²) in [6.07, 6.45) is 3.25. The fourth-order valence-corrected chi connectivity index (χ4v) is 2.80. The van der Waals surface area contributed by atoms with Gasteiger partial charge >= 0.3 is 7.82 Å². The Hall–Kier alpha value is -1.87. The predicted octanol–water partition coefficient (Wildman–Crippen LogP) is 2.22. The van der Waals surface area contributed by atoms with E-state index in [1.807, 2.05) is 6.92 Å². The van der Waals surface area contributed by atoms with Crippen molar-refractivity contribution in [2.45, 2.75) is 38.6 Å². The molecule has 2 aromatic rings. The van der Waals surface area contributed by atoms with Gasteiger partial charge in [-0.25, -0.2) is 18.9 Å². The van der Waals surface area contributed by atoms with Crippen LogP contribution in [0.1, 0.15) is 33.1 Å². The monoisotopic (exact) mass is 373 g/mol. The van der Waals surface area contributed by atoms with Crippen molar-refractivity contribution in [1.82, 2.24) is 15.0 Å². The van der Waals surface area contributed by atoms with E-state index in [-0.39, 0.29) is 23.9 Å². The molecule has 0 bridgehead atoms. The third-order valence-electron chi connectivity index (χ3n) is 3.57. The van der Waals surface area contributed by atoms with Crippen LogP contribution in [0.15, 0.2) is 12.3 Å². The Kier molecular flexibility index (Phi) is 5.89. The first kappa shape index (κ1) is 19.5. The van der Waals surface area contributed by atoms with Crippen molar-refractivity contribution < 1.29 is 23.3 Å². The molecule has 5 N–H and O–H groups in total. The lowest BCUT2D eigenvalue weighted by molar-refractivity contribution is 0.161. The summed E-state index contributed by atoms with van der Waals surface area (Å²) in [5, 5.41) is 3.08. The first-order valence-electron chi connectivity index (χ1n) is 7.69. The summed E-state index contributed by atoms with van der Waals surface area (Å²) < 4.78 is 29.1. The van der Waals surface area contributed by atoms with Crippen molar-refractivity contribution in [3.63, 3.8) is 0 Å². The van der Waals surface area contributed by atoms with Crippen molar-refractivity contribution in [2.24, 2.45) is 0 Å². The smallest absolute Gasteiger partial charge is 0.368 e. The number of nitrogen functional groups attached to an aromatic ring is 1. The first-order chi connectivity index (χ1) is 11.6. The van der Waals surface area contributed by atoms with Crippen LogP contribution in [0.25, 0.3) is 11.0 Å². The molecule has 0 amide bonds. The number of pyridine rings is 1. The zero-order valence-corrected chi connectivity index (χ0v) is 14.8. The number of aromatic nitrogens is 3. The molecule has 0 aromatic carbocycles. The summed E-state index contributed by atoms with van der Waals surface area (Å²) in [4.78, 5) is 30.0. The first-order valence-corrected chi connectivity index (χ1v) is 9.22. The zero-order valence-electron chi connectivity index (χ0n) is 13.9. The second-order valence-corrected chi connectivity index (χ2v) is 7.24. The number of phosphoric acid groups is 1. The molecule has 0 saturated heterocycles. The predicted molar refractivity (Wildman–Crippen MR) is 91.3 cm³/mol. The Bertz CT molecular complexity index is 797. The minimum Gasteiger partial charge on any atom is -0.368 e. The van der Waals surface area contributed by atoms with Crippen LogP contribution in [0.4, 0.5) is 16.2 Å². The lowest BCUT2D eigenvalue weighted by atomic mass is 9.96. The van der Waals surface area contributed by atoms with E-state index in [0.29, 0.717) is 11.9 Å². The van der Waals surface area contributed by atoms with Crippen LogP contribution >= 0.6 is 7.82 Å². The van der Waals surface area contributed by atoms with Gasteiger partial charge < -0.3 is 20.8 Å². The summed E-state index contributed by atoms with van der Waals surface area (Å²) in [5.74, 6) is -0.387. The Morgan fingerprint density at radius 1 is 1.44 bits per heavy atom. The Morgan fingerprint density at radius 2 is 2.16 bits per heavy atom. The summed E-state index contributed by atoms with van der Waals surface area (Å²) in [6.45, 7) is 3.47. The highest BCUT2D eigenvalue weighted by atomic mass is 31.2. The second kappa shape index (κ2) is 7.57. The van der Waals surface area contributed by atoms with Gasteiger partial charge in [0.05, 0.1) is 23.9 Å². The van der Waals surface area contributed by atoms with Gasteiger partial charge in [-0.2, -0.15) is 4.98 Å². The molecule has 11 heteroatoms. The molecule has 1 unspecified atom stereocenters. The molecule has 9 nitrogen and oxygen atoms in total. The molecule has 2 aromatic heterocycles. The van der Waals surface area contributed by atoms with Gasteiger partial charge in [0.25, 0.3) is 0 Å². The van der Waals surface area contributed by atoms with Crippen molar-refractivity contribution in [3.05, 3.63) is 18.1 Å². The second-order valence-electron chi connectivity index (χ2n) is 6.00. The normalized spacial score (nSPS) is 14.4. The number of unbranched alkanes of at least 4 members (excludes halogenated alkanes) is 1. The lowest BCUT2D eigenvalue weighted by Gasteiger charge is -2.31. The van der Waals surface area contributed by atoms with E-state index in [1.54, 1.807) is 6.92 Å². The number of rotatable bonds is 8. The maximum Gasteiger partial charge on any atom is 0.469 e. The number of fused-ring (bicyclic) bond motifs is 1. The molecule has 1 atom stereocenters. The van der Waals surface area contributed by atoms with Crippen LogP contribution in [-0.2, 0) is 9.09 Å². The van der Waals surface area contributed by atoms with E-state index in [0.717, 1.165) is 19.0 Å². The molecule has 0 aliphatic carbocycles. The van der Waals surface area contributed by atoms with Crippen molar-refractivity contribution in [2.75, 3.05) is 17.7 Å². The number of hydrogen-bond acceptors (Lipinski definition) is 7. The maximum absolute atomic E-state index is 13.4. The molecule has 0 saturated carbocycles. The molecule has 138 valence electrons. The van der Waals surface area contributed by atoms with Gasteiger partial charge in [-0.3, -0.25) is 4.52 Å². The average molecular weight is 373 g/mol. The number of nitrogens with one attached hydrogen (secondary N) is 1. The summed E-state index contributed by atoms with van der Waals surface area (Å²) in [5.41, 5.74) is 5.35. The third-order valence-corrected chi connectivity index (χ3v) is 4.04. The molecule has 0 aliphatic rings. The number of phosphoric ester groups is 1. The van der Waals surface area contributed by atoms with Gasteiger partial charge in [0.15, 0.2) is 5.82 Å². The number of hydrogen-bond donors (Lipinski definition) is 4. The Labute approximate surface area is 144 Å². The quantitative estimate of drug-likeness (QED) is 0.512. The van der Waals surface area contributed by atoms with Gasteiger partial charge in [0.1, 0.15) is 11.3 Å². The molecular weight excluding hydrogens is 352 g/mol. The topological polar surface area (TPSA) is 143 Å². The SMILES string of the molecule is CCCCC(C)(COP(=O)(O)O)Nc1nc(N)nc2cc(F)cnc12. The molecule has 2 rings (SSSR count). The van der Waals surface area contributed by atoms with Crippen LogP contribution in [0.2, 0.25) is 0 Å². The van der Waals surface area contributed by atoms with E-state index in [2.05, 4.69) is 24.8 Å². The lowest BCUT2D eigenvalue weighted by Crippen LogP contribution is -2.40. The summed E-state index contributed by atoms with van der Waals surface area (Å²) in [7, 11) is -4.63. The molecule has 0 radical (unpaired) electrons. The van der Waals surface area contributed by atoms with Crippen LogP contribution in [0, 0.1) is 5.82 Å². The largest absolute Gasteiger partial charge is 0.469 e. The number of halogens is 1. The minimum absolute atomic E-state index is 0.0730. The Morgan fingerprint density at radius 3 is 2.80 bits per heavy atom. The Balaban J connectivity index is 2.37. The fourth-order valence-electron chi connectivity index (χ4n) is 2.35. The highest BCUT2D eigenvalue weighted by molar-refractivity contribution is 7.46. The average Bonchev–Trinajstić information content (AvgIpc) is 2.50. The van der Waals surface area contributed by atoms with Gasteiger partial charge in [0.2, 0.25) is 5.95 Å². The van der Waals surface area contributed by atoms with Crippen LogP contribution < -0.4 is 11.1 Å². The van der Waals surface area contributed by atoms with E-state index in [9.17, 15) is 8.96 Å². The van der Waals surface area contributed by atoms with Gasteiger partial charge in [0, 0.05) is 6.07 Å². The van der Waals surface area contributed by atoms with Crippen molar-refractivity contribution in [1.29, 1.82) is 0 Å². The highest BCUT2D eigenvalue weighted by Gasteiger charge is 2.29. The standard InChI is InChI=1S/C14H21FN5O4P/c1-3-4-5-14(2,8-24-25(21,22)23)20-12-11-10(18-13(16)19-12)6-9(15)7-17-11/h6-7H,3-5,8H2,1-2H3,(H2,21,22,23)(H3,16,18,19,20). The fraction of sp³-hybridized carbons (Fsp3) is 0.500. The highest BCUT2D eigenvalue weighted by Crippen LogP contribution is 2.38.